The molecule has 0 spiro atoms. The number of aromatic nitrogens is 2. The van der Waals surface area contributed by atoms with Crippen molar-refractivity contribution < 1.29 is 18.7 Å². The summed E-state index contributed by atoms with van der Waals surface area (Å²) in [5.74, 6) is 0.701. The van der Waals surface area contributed by atoms with E-state index in [-0.39, 0.29) is 33.7 Å². The van der Waals surface area contributed by atoms with Gasteiger partial charge in [0.1, 0.15) is 18.8 Å². The van der Waals surface area contributed by atoms with Crippen LogP contribution in [0.4, 0.5) is 15.9 Å². The Morgan fingerprint density at radius 3 is 2.91 bits per heavy atom. The second-order valence-corrected chi connectivity index (χ2v) is 9.40. The van der Waals surface area contributed by atoms with E-state index in [0.29, 0.717) is 34.8 Å². The van der Waals surface area contributed by atoms with Crippen LogP contribution in [0.15, 0.2) is 30.6 Å². The number of hydrogen-bond donors (Lipinski definition) is 2. The lowest BCUT2D eigenvalue weighted by Gasteiger charge is -2.41. The molecule has 2 aromatic carbocycles. The number of fused-ring (bicyclic) bond motifs is 2. The van der Waals surface area contributed by atoms with Crippen LogP contribution in [0.2, 0.25) is 10.0 Å². The number of benzene rings is 2. The van der Waals surface area contributed by atoms with Gasteiger partial charge >= 0.3 is 0 Å². The van der Waals surface area contributed by atoms with Crippen LogP contribution in [0.5, 0.6) is 11.5 Å². The summed E-state index contributed by atoms with van der Waals surface area (Å²) in [6, 6.07) is 6.29. The lowest BCUT2D eigenvalue weighted by molar-refractivity contribution is -0.132. The Balaban J connectivity index is 1.37. The lowest BCUT2D eigenvalue weighted by atomic mass is 9.98. The fourth-order valence-electron chi connectivity index (χ4n) is 4.60. The molecule has 0 aliphatic carbocycles. The highest BCUT2D eigenvalue weighted by Gasteiger charge is 2.36. The van der Waals surface area contributed by atoms with Gasteiger partial charge in [-0.15, -0.1) is 0 Å². The number of carbonyl (C=O) groups is 1. The van der Waals surface area contributed by atoms with Gasteiger partial charge in [-0.3, -0.25) is 9.69 Å². The van der Waals surface area contributed by atoms with Gasteiger partial charge in [0.2, 0.25) is 5.91 Å². The Labute approximate surface area is 211 Å². The summed E-state index contributed by atoms with van der Waals surface area (Å²) in [5, 5.41) is 6.57. The molecule has 11 heteroatoms. The van der Waals surface area contributed by atoms with E-state index in [1.54, 1.807) is 12.1 Å². The first-order chi connectivity index (χ1) is 16.9. The minimum Gasteiger partial charge on any atom is -0.493 e. The van der Waals surface area contributed by atoms with Crippen molar-refractivity contribution in [3.8, 4) is 11.5 Å². The highest BCUT2D eigenvalue weighted by Crippen LogP contribution is 2.36. The molecule has 2 N–H and O–H groups in total. The first-order valence-corrected chi connectivity index (χ1v) is 12.1. The zero-order valence-corrected chi connectivity index (χ0v) is 20.5. The van der Waals surface area contributed by atoms with Gasteiger partial charge in [0, 0.05) is 18.0 Å². The summed E-state index contributed by atoms with van der Waals surface area (Å²) in [6.07, 6.45) is 4.47. The highest BCUT2D eigenvalue weighted by atomic mass is 35.5. The fourth-order valence-corrected chi connectivity index (χ4v) is 4.91. The van der Waals surface area contributed by atoms with Gasteiger partial charge in [-0.25, -0.2) is 14.4 Å². The fraction of sp³-hybridized carbons (Fsp3) is 0.375. The number of rotatable bonds is 6. The molecule has 35 heavy (non-hydrogen) atoms. The number of hydrogen-bond acceptors (Lipinski definition) is 7. The summed E-state index contributed by atoms with van der Waals surface area (Å²) < 4.78 is 26.2. The molecule has 2 atom stereocenters. The van der Waals surface area contributed by atoms with Crippen molar-refractivity contribution in [2.24, 2.45) is 0 Å². The van der Waals surface area contributed by atoms with Crippen molar-refractivity contribution in [3.63, 3.8) is 0 Å². The maximum absolute atomic E-state index is 14.6. The quantitative estimate of drug-likeness (QED) is 0.461. The maximum atomic E-state index is 14.6. The van der Waals surface area contributed by atoms with Gasteiger partial charge in [0.15, 0.2) is 17.3 Å². The molecular weight excluding hydrogens is 496 g/mol. The third kappa shape index (κ3) is 4.80. The van der Waals surface area contributed by atoms with Crippen molar-refractivity contribution in [2.75, 3.05) is 32.1 Å². The standard InChI is InChI=1S/C24H24Cl2FN5O3/c1-34-19-8-14-17(28-12-29-23(14)31-16-6-5-15(25)21(26)22(16)27)9-20(19)35-11-13-10-32-7-3-2-4-18(32)24(33)30-13/h5-6,8-9,12-13,18H,2-4,7,10-11H2,1H3,(H,30,33)(H,28,29,31)/t13?,18-/m0/s1. The van der Waals surface area contributed by atoms with E-state index in [4.69, 9.17) is 32.7 Å². The molecule has 0 radical (unpaired) electrons. The van der Waals surface area contributed by atoms with E-state index in [0.717, 1.165) is 32.4 Å². The second-order valence-electron chi connectivity index (χ2n) is 8.61. The molecule has 1 aromatic heterocycles. The molecule has 2 aliphatic rings. The van der Waals surface area contributed by atoms with Gasteiger partial charge in [-0.2, -0.15) is 0 Å². The molecular formula is C24H24Cl2FN5O3. The number of amides is 1. The molecule has 184 valence electrons. The van der Waals surface area contributed by atoms with Crippen LogP contribution in [0.25, 0.3) is 10.9 Å². The summed E-state index contributed by atoms with van der Waals surface area (Å²) in [7, 11) is 1.53. The van der Waals surface area contributed by atoms with Gasteiger partial charge in [0.25, 0.3) is 0 Å². The number of methoxy groups -OCH3 is 1. The Morgan fingerprint density at radius 2 is 2.09 bits per heavy atom. The maximum Gasteiger partial charge on any atom is 0.237 e. The molecule has 2 aliphatic heterocycles. The lowest BCUT2D eigenvalue weighted by Crippen LogP contribution is -2.62. The van der Waals surface area contributed by atoms with Crippen molar-refractivity contribution >= 4 is 51.5 Å². The zero-order valence-electron chi connectivity index (χ0n) is 19.0. The van der Waals surface area contributed by atoms with E-state index in [9.17, 15) is 9.18 Å². The minimum absolute atomic E-state index is 0.0295. The first kappa shape index (κ1) is 23.8. The number of piperidine rings is 1. The molecule has 2 saturated heterocycles. The Bertz CT molecular complexity index is 1280. The Morgan fingerprint density at radius 1 is 1.23 bits per heavy atom. The Kier molecular flexibility index (Phi) is 6.82. The van der Waals surface area contributed by atoms with Crippen LogP contribution in [-0.2, 0) is 4.79 Å². The van der Waals surface area contributed by atoms with Gasteiger partial charge in [0.05, 0.1) is 40.4 Å². The monoisotopic (exact) mass is 519 g/mol. The van der Waals surface area contributed by atoms with Crippen molar-refractivity contribution in [1.82, 2.24) is 20.2 Å². The summed E-state index contributed by atoms with van der Waals surface area (Å²) in [4.78, 5) is 23.3. The van der Waals surface area contributed by atoms with E-state index < -0.39 is 5.82 Å². The molecule has 1 amide bonds. The topological polar surface area (TPSA) is 88.6 Å². The van der Waals surface area contributed by atoms with Gasteiger partial charge < -0.3 is 20.1 Å². The van der Waals surface area contributed by atoms with Crippen LogP contribution in [0.1, 0.15) is 19.3 Å². The molecule has 8 nitrogen and oxygen atoms in total. The van der Waals surface area contributed by atoms with Crippen LogP contribution >= 0.6 is 23.2 Å². The average Bonchev–Trinajstić information content (AvgIpc) is 2.87. The van der Waals surface area contributed by atoms with Crippen LogP contribution in [-0.4, -0.2) is 59.7 Å². The van der Waals surface area contributed by atoms with E-state index in [2.05, 4.69) is 25.5 Å². The third-order valence-corrected chi connectivity index (χ3v) is 7.15. The van der Waals surface area contributed by atoms with Crippen molar-refractivity contribution in [2.45, 2.75) is 31.3 Å². The van der Waals surface area contributed by atoms with E-state index >= 15 is 0 Å². The zero-order chi connectivity index (χ0) is 24.5. The number of ether oxygens (including phenoxy) is 2. The number of nitrogens with one attached hydrogen (secondary N) is 2. The largest absolute Gasteiger partial charge is 0.493 e. The molecule has 0 saturated carbocycles. The first-order valence-electron chi connectivity index (χ1n) is 11.3. The predicted molar refractivity (Wildman–Crippen MR) is 132 cm³/mol. The van der Waals surface area contributed by atoms with Crippen LogP contribution in [0.3, 0.4) is 0 Å². The number of nitrogens with zero attached hydrogens (tertiary/aromatic N) is 3. The number of carbonyl (C=O) groups excluding carboxylic acids is 1. The average molecular weight is 520 g/mol. The molecule has 1 unspecified atom stereocenters. The van der Waals surface area contributed by atoms with E-state index in [1.165, 1.54) is 25.6 Å². The van der Waals surface area contributed by atoms with Crippen LogP contribution in [0, 0.1) is 5.82 Å². The summed E-state index contributed by atoms with van der Waals surface area (Å²) in [6.45, 7) is 1.97. The molecule has 0 bridgehead atoms. The highest BCUT2D eigenvalue weighted by molar-refractivity contribution is 6.42. The van der Waals surface area contributed by atoms with Gasteiger partial charge in [-0.05, 0) is 37.6 Å². The van der Waals surface area contributed by atoms with Gasteiger partial charge in [-0.1, -0.05) is 29.6 Å². The number of halogens is 3. The SMILES string of the molecule is COc1cc2c(Nc3ccc(Cl)c(Cl)c3F)ncnc2cc1OCC1CN2CCCC[C@H]2C(=O)N1. The van der Waals surface area contributed by atoms with E-state index in [1.807, 2.05) is 0 Å². The summed E-state index contributed by atoms with van der Waals surface area (Å²) in [5.41, 5.74) is 0.699. The predicted octanol–water partition coefficient (Wildman–Crippen LogP) is 4.56. The third-order valence-electron chi connectivity index (χ3n) is 6.37. The molecule has 3 aromatic rings. The smallest absolute Gasteiger partial charge is 0.237 e. The second kappa shape index (κ2) is 10.0. The number of piperazine rings is 1. The molecule has 5 rings (SSSR count). The Hall–Kier alpha value is -2.88. The summed E-state index contributed by atoms with van der Waals surface area (Å²) >= 11 is 11.8. The van der Waals surface area contributed by atoms with Crippen molar-refractivity contribution in [3.05, 3.63) is 46.5 Å². The number of anilines is 2. The van der Waals surface area contributed by atoms with Crippen molar-refractivity contribution in [1.29, 1.82) is 0 Å². The molecule has 2 fully saturated rings. The van der Waals surface area contributed by atoms with Crippen LogP contribution < -0.4 is 20.1 Å². The minimum atomic E-state index is -0.677. The molecule has 3 heterocycles. The normalized spacial score (nSPS) is 20.3.